The quantitative estimate of drug-likeness (QED) is 0.252. The number of hydrogen-bond donors (Lipinski definition) is 4. The molecule has 1 heterocycles. The smallest absolute Gasteiger partial charge is 0.189 e. The first-order valence-corrected chi connectivity index (χ1v) is 5.86. The van der Waals surface area contributed by atoms with Crippen molar-refractivity contribution >= 4 is 5.84 Å². The van der Waals surface area contributed by atoms with Crippen molar-refractivity contribution in [2.24, 2.45) is 16.8 Å². The molecule has 0 aliphatic carbocycles. The highest BCUT2D eigenvalue weighted by atomic mass is 16.4. The van der Waals surface area contributed by atoms with Crippen LogP contribution in [0.25, 0.3) is 0 Å². The molecule has 18 heavy (non-hydrogen) atoms. The maximum atomic E-state index is 9.23. The number of aromatic nitrogens is 1. The van der Waals surface area contributed by atoms with Gasteiger partial charge in [-0.25, -0.2) is 0 Å². The number of nitrogens with zero attached hydrogens (tertiary/aromatic N) is 2. The average molecular weight is 252 g/mol. The number of hydrogen-bond acceptors (Lipinski definition) is 5. The maximum absolute atomic E-state index is 9.23. The van der Waals surface area contributed by atoms with E-state index in [1.54, 1.807) is 12.3 Å². The molecule has 0 saturated carbocycles. The highest BCUT2D eigenvalue weighted by molar-refractivity contribution is 5.96. The van der Waals surface area contributed by atoms with Crippen LogP contribution in [0.15, 0.2) is 23.5 Å². The lowest BCUT2D eigenvalue weighted by Gasteiger charge is -2.20. The van der Waals surface area contributed by atoms with Crippen LogP contribution in [-0.4, -0.2) is 33.8 Å². The van der Waals surface area contributed by atoms with Gasteiger partial charge in [-0.1, -0.05) is 25.1 Å². The molecule has 0 aliphatic heterocycles. The van der Waals surface area contributed by atoms with Gasteiger partial charge in [0, 0.05) is 18.8 Å². The molecule has 5 N–H and O–H groups in total. The Kier molecular flexibility index (Phi) is 5.54. The van der Waals surface area contributed by atoms with Gasteiger partial charge in [0.05, 0.1) is 6.61 Å². The van der Waals surface area contributed by atoms with Crippen molar-refractivity contribution in [2.45, 2.75) is 26.4 Å². The third-order valence-electron chi connectivity index (χ3n) is 2.80. The molecule has 100 valence electrons. The molecule has 1 atom stereocenters. The summed E-state index contributed by atoms with van der Waals surface area (Å²) in [6, 6.07) is 3.64. The van der Waals surface area contributed by atoms with E-state index in [1.807, 2.05) is 19.9 Å². The minimum Gasteiger partial charge on any atom is -0.409 e. The number of oxime groups is 1. The Hall–Kier alpha value is -1.66. The molecule has 0 radical (unpaired) electrons. The van der Waals surface area contributed by atoms with Gasteiger partial charge in [-0.05, 0) is 17.5 Å². The van der Waals surface area contributed by atoms with E-state index in [-0.39, 0.29) is 18.5 Å². The molecule has 1 aromatic rings. The van der Waals surface area contributed by atoms with Gasteiger partial charge >= 0.3 is 0 Å². The fourth-order valence-electron chi connectivity index (χ4n) is 1.61. The lowest BCUT2D eigenvalue weighted by atomic mass is 10.0. The van der Waals surface area contributed by atoms with Gasteiger partial charge in [-0.3, -0.25) is 4.98 Å². The Balaban J connectivity index is 2.79. The van der Waals surface area contributed by atoms with E-state index in [2.05, 4.69) is 15.5 Å². The standard InChI is InChI=1S/C12H20N4O2/c1-8(2)10(7-17)15-6-9-4-3-5-14-11(9)12(13)16-18/h3-5,8,10,15,17-18H,6-7H2,1-2H3,(H2,13,16). The summed E-state index contributed by atoms with van der Waals surface area (Å²) in [5.74, 6) is 0.302. The molecule has 0 saturated heterocycles. The lowest BCUT2D eigenvalue weighted by Crippen LogP contribution is -2.37. The topological polar surface area (TPSA) is 104 Å². The summed E-state index contributed by atoms with van der Waals surface area (Å²) in [5.41, 5.74) is 6.83. The largest absolute Gasteiger partial charge is 0.409 e. The zero-order valence-electron chi connectivity index (χ0n) is 10.7. The average Bonchev–Trinajstić information content (AvgIpc) is 2.38. The van der Waals surface area contributed by atoms with E-state index in [0.29, 0.717) is 18.2 Å². The monoisotopic (exact) mass is 252 g/mol. The number of rotatable bonds is 6. The van der Waals surface area contributed by atoms with E-state index in [4.69, 9.17) is 10.9 Å². The van der Waals surface area contributed by atoms with Crippen LogP contribution in [0.5, 0.6) is 0 Å². The zero-order chi connectivity index (χ0) is 13.5. The SMILES string of the molecule is CC(C)C(CO)NCc1cccnc1/C(N)=N/O. The number of nitrogens with one attached hydrogen (secondary N) is 1. The van der Waals surface area contributed by atoms with Gasteiger partial charge in [0.15, 0.2) is 5.84 Å². The van der Waals surface area contributed by atoms with Crippen molar-refractivity contribution in [1.82, 2.24) is 10.3 Å². The minimum atomic E-state index is -0.0162. The summed E-state index contributed by atoms with van der Waals surface area (Å²) in [5, 5.41) is 24.1. The zero-order valence-corrected chi connectivity index (χ0v) is 10.7. The van der Waals surface area contributed by atoms with Crippen molar-refractivity contribution in [3.63, 3.8) is 0 Å². The summed E-state index contributed by atoms with van der Waals surface area (Å²) >= 11 is 0. The number of aliphatic hydroxyl groups is 1. The van der Waals surface area contributed by atoms with Gasteiger partial charge < -0.3 is 21.4 Å². The third kappa shape index (κ3) is 3.68. The molecular formula is C12H20N4O2. The van der Waals surface area contributed by atoms with Crippen LogP contribution in [0.4, 0.5) is 0 Å². The third-order valence-corrected chi connectivity index (χ3v) is 2.80. The number of aliphatic hydroxyl groups excluding tert-OH is 1. The maximum Gasteiger partial charge on any atom is 0.189 e. The summed E-state index contributed by atoms with van der Waals surface area (Å²) in [4.78, 5) is 4.08. The Morgan fingerprint density at radius 1 is 1.56 bits per heavy atom. The number of nitrogens with two attached hydrogens (primary N) is 1. The molecular weight excluding hydrogens is 232 g/mol. The molecule has 0 bridgehead atoms. The molecule has 0 aliphatic rings. The van der Waals surface area contributed by atoms with E-state index in [0.717, 1.165) is 5.56 Å². The van der Waals surface area contributed by atoms with Crippen LogP contribution >= 0.6 is 0 Å². The Bertz CT molecular complexity index is 407. The van der Waals surface area contributed by atoms with Crippen molar-refractivity contribution in [3.8, 4) is 0 Å². The van der Waals surface area contributed by atoms with Gasteiger partial charge in [0.2, 0.25) is 0 Å². The summed E-state index contributed by atoms with van der Waals surface area (Å²) in [6.45, 7) is 4.63. The second kappa shape index (κ2) is 6.93. The molecule has 0 aromatic carbocycles. The minimum absolute atomic E-state index is 0.00495. The summed E-state index contributed by atoms with van der Waals surface area (Å²) < 4.78 is 0. The molecule has 1 rings (SSSR count). The second-order valence-electron chi connectivity index (χ2n) is 4.41. The van der Waals surface area contributed by atoms with Crippen molar-refractivity contribution in [3.05, 3.63) is 29.6 Å². The highest BCUT2D eigenvalue weighted by Gasteiger charge is 2.13. The molecule has 1 unspecified atom stereocenters. The Morgan fingerprint density at radius 3 is 2.83 bits per heavy atom. The highest BCUT2D eigenvalue weighted by Crippen LogP contribution is 2.07. The Morgan fingerprint density at radius 2 is 2.28 bits per heavy atom. The van der Waals surface area contributed by atoms with Gasteiger partial charge in [-0.2, -0.15) is 0 Å². The van der Waals surface area contributed by atoms with Crippen LogP contribution in [-0.2, 0) is 6.54 Å². The molecule has 6 nitrogen and oxygen atoms in total. The summed E-state index contributed by atoms with van der Waals surface area (Å²) in [6.07, 6.45) is 1.59. The van der Waals surface area contributed by atoms with Gasteiger partial charge in [-0.15, -0.1) is 0 Å². The lowest BCUT2D eigenvalue weighted by molar-refractivity contribution is 0.210. The van der Waals surface area contributed by atoms with E-state index in [1.165, 1.54) is 0 Å². The predicted molar refractivity (Wildman–Crippen MR) is 69.3 cm³/mol. The number of amidine groups is 1. The van der Waals surface area contributed by atoms with Gasteiger partial charge in [0.1, 0.15) is 5.69 Å². The van der Waals surface area contributed by atoms with E-state index < -0.39 is 0 Å². The van der Waals surface area contributed by atoms with Crippen LogP contribution in [0.2, 0.25) is 0 Å². The first-order chi connectivity index (χ1) is 8.60. The fourth-order valence-corrected chi connectivity index (χ4v) is 1.61. The van der Waals surface area contributed by atoms with Crippen LogP contribution in [0, 0.1) is 5.92 Å². The van der Waals surface area contributed by atoms with Crippen LogP contribution in [0.3, 0.4) is 0 Å². The number of pyridine rings is 1. The van der Waals surface area contributed by atoms with Crippen LogP contribution in [0.1, 0.15) is 25.1 Å². The molecule has 6 heteroatoms. The first-order valence-electron chi connectivity index (χ1n) is 5.86. The first kappa shape index (κ1) is 14.4. The predicted octanol–water partition coefficient (Wildman–Crippen LogP) is 0.283. The Labute approximate surface area is 107 Å². The molecule has 0 fully saturated rings. The van der Waals surface area contributed by atoms with E-state index in [9.17, 15) is 5.11 Å². The molecule has 0 amide bonds. The summed E-state index contributed by atoms with van der Waals surface area (Å²) in [7, 11) is 0. The van der Waals surface area contributed by atoms with Crippen molar-refractivity contribution in [2.75, 3.05) is 6.61 Å². The van der Waals surface area contributed by atoms with E-state index >= 15 is 0 Å². The fraction of sp³-hybridized carbons (Fsp3) is 0.500. The van der Waals surface area contributed by atoms with Crippen molar-refractivity contribution in [1.29, 1.82) is 0 Å². The molecule has 0 spiro atoms. The van der Waals surface area contributed by atoms with Gasteiger partial charge in [0.25, 0.3) is 0 Å². The second-order valence-corrected chi connectivity index (χ2v) is 4.41. The molecule has 1 aromatic heterocycles. The normalized spacial score (nSPS) is 13.9. The van der Waals surface area contributed by atoms with Crippen molar-refractivity contribution < 1.29 is 10.3 Å². The van der Waals surface area contributed by atoms with Crippen LogP contribution < -0.4 is 11.1 Å².